The predicted molar refractivity (Wildman–Crippen MR) is 116 cm³/mol. The van der Waals surface area contributed by atoms with Crippen LogP contribution in [-0.4, -0.2) is 48.4 Å². The lowest BCUT2D eigenvalue weighted by Gasteiger charge is -2.34. The second-order valence-corrected chi connectivity index (χ2v) is 7.86. The van der Waals surface area contributed by atoms with E-state index in [9.17, 15) is 9.18 Å². The van der Waals surface area contributed by atoms with Crippen molar-refractivity contribution in [2.75, 3.05) is 32.7 Å². The number of halogens is 1. The summed E-state index contributed by atoms with van der Waals surface area (Å²) in [7, 11) is 0. The van der Waals surface area contributed by atoms with E-state index in [-0.39, 0.29) is 17.5 Å². The predicted octanol–water partition coefficient (Wildman–Crippen LogP) is 3.95. The van der Waals surface area contributed by atoms with Gasteiger partial charge < -0.3 is 14.6 Å². The average Bonchev–Trinajstić information content (AvgIpc) is 3.09. The number of nitrogens with one attached hydrogen (secondary N) is 1. The van der Waals surface area contributed by atoms with Crippen LogP contribution >= 0.6 is 0 Å². The molecule has 1 N–H and O–H groups in total. The van der Waals surface area contributed by atoms with Crippen molar-refractivity contribution in [3.05, 3.63) is 70.7 Å². The van der Waals surface area contributed by atoms with Gasteiger partial charge >= 0.3 is 0 Å². The van der Waals surface area contributed by atoms with Gasteiger partial charge in [0.1, 0.15) is 11.4 Å². The van der Waals surface area contributed by atoms with E-state index in [0.29, 0.717) is 23.1 Å². The summed E-state index contributed by atoms with van der Waals surface area (Å²) >= 11 is 0. The summed E-state index contributed by atoms with van der Waals surface area (Å²) in [4.78, 5) is 17.7. The van der Waals surface area contributed by atoms with E-state index in [2.05, 4.69) is 34.2 Å². The van der Waals surface area contributed by atoms with Crippen molar-refractivity contribution in [1.82, 2.24) is 15.1 Å². The summed E-state index contributed by atoms with van der Waals surface area (Å²) in [5, 5.41) is 3.60. The Morgan fingerprint density at radius 3 is 2.50 bits per heavy atom. The lowest BCUT2D eigenvalue weighted by molar-refractivity contribution is 0.0924. The third-order valence-corrected chi connectivity index (χ3v) is 5.97. The van der Waals surface area contributed by atoms with Crippen molar-refractivity contribution in [3.8, 4) is 0 Å². The number of hydrogen-bond acceptors (Lipinski definition) is 4. The molecule has 1 aromatic heterocycles. The Balaban J connectivity index is 1.43. The molecule has 1 fully saturated rings. The largest absolute Gasteiger partial charge is 0.451 e. The number of furan rings is 1. The SMILES string of the molecule is CCN1CCN(Cc2ccccc2CNC(=O)c2oc3ccc(F)cc3c2C)CC1. The molecule has 1 amide bonds. The number of piperazine rings is 1. The van der Waals surface area contributed by atoms with E-state index in [0.717, 1.165) is 44.8 Å². The molecule has 2 aromatic carbocycles. The summed E-state index contributed by atoms with van der Waals surface area (Å²) in [5.74, 6) is -0.383. The molecule has 2 heterocycles. The Morgan fingerprint density at radius 2 is 1.77 bits per heavy atom. The molecule has 1 aliphatic heterocycles. The number of rotatable bonds is 6. The van der Waals surface area contributed by atoms with Crippen molar-refractivity contribution < 1.29 is 13.6 Å². The molecule has 0 unspecified atom stereocenters. The van der Waals surface area contributed by atoms with Gasteiger partial charge in [0, 0.05) is 50.2 Å². The average molecular weight is 410 g/mol. The fourth-order valence-electron chi connectivity index (χ4n) is 4.05. The van der Waals surface area contributed by atoms with Gasteiger partial charge in [-0.3, -0.25) is 9.69 Å². The summed E-state index contributed by atoms with van der Waals surface area (Å²) in [6, 6.07) is 12.5. The van der Waals surface area contributed by atoms with Gasteiger partial charge in [0.15, 0.2) is 5.76 Å². The van der Waals surface area contributed by atoms with Crippen LogP contribution in [0.2, 0.25) is 0 Å². The van der Waals surface area contributed by atoms with Gasteiger partial charge in [-0.1, -0.05) is 31.2 Å². The molecule has 30 heavy (non-hydrogen) atoms. The van der Waals surface area contributed by atoms with E-state index in [4.69, 9.17) is 4.42 Å². The van der Waals surface area contributed by atoms with Crippen LogP contribution in [0.15, 0.2) is 46.9 Å². The van der Waals surface area contributed by atoms with E-state index in [1.54, 1.807) is 13.0 Å². The number of amides is 1. The number of aryl methyl sites for hydroxylation is 1. The molecule has 1 aliphatic rings. The van der Waals surface area contributed by atoms with Gasteiger partial charge in [-0.2, -0.15) is 0 Å². The van der Waals surface area contributed by atoms with E-state index in [1.807, 2.05) is 12.1 Å². The molecule has 6 heteroatoms. The minimum absolute atomic E-state index is 0.240. The Bertz CT molecular complexity index is 1040. The zero-order chi connectivity index (χ0) is 21.1. The summed E-state index contributed by atoms with van der Waals surface area (Å²) in [6.45, 7) is 10.7. The highest BCUT2D eigenvalue weighted by Crippen LogP contribution is 2.26. The number of hydrogen-bond donors (Lipinski definition) is 1. The van der Waals surface area contributed by atoms with Crippen molar-refractivity contribution in [2.24, 2.45) is 0 Å². The van der Waals surface area contributed by atoms with Crippen LogP contribution in [0.5, 0.6) is 0 Å². The maximum atomic E-state index is 13.5. The molecule has 158 valence electrons. The number of nitrogens with zero attached hydrogens (tertiary/aromatic N) is 2. The van der Waals surface area contributed by atoms with Gasteiger partial charge in [0.05, 0.1) is 0 Å². The van der Waals surface area contributed by atoms with E-state index < -0.39 is 0 Å². The molecule has 5 nitrogen and oxygen atoms in total. The van der Waals surface area contributed by atoms with Gasteiger partial charge in [0.25, 0.3) is 5.91 Å². The maximum absolute atomic E-state index is 13.5. The number of fused-ring (bicyclic) bond motifs is 1. The normalized spacial score (nSPS) is 15.6. The van der Waals surface area contributed by atoms with Crippen LogP contribution in [-0.2, 0) is 13.1 Å². The quantitative estimate of drug-likeness (QED) is 0.670. The van der Waals surface area contributed by atoms with Crippen molar-refractivity contribution in [1.29, 1.82) is 0 Å². The zero-order valence-corrected chi connectivity index (χ0v) is 17.6. The molecule has 0 spiro atoms. The lowest BCUT2D eigenvalue weighted by atomic mass is 10.1. The molecule has 3 aromatic rings. The van der Waals surface area contributed by atoms with Crippen molar-refractivity contribution in [2.45, 2.75) is 26.9 Å². The third-order valence-electron chi connectivity index (χ3n) is 5.97. The molecule has 0 aliphatic carbocycles. The number of benzene rings is 2. The smallest absolute Gasteiger partial charge is 0.287 e. The molecule has 1 saturated heterocycles. The second-order valence-electron chi connectivity index (χ2n) is 7.86. The number of likely N-dealkylation sites (N-methyl/N-ethyl adjacent to an activating group) is 1. The zero-order valence-electron chi connectivity index (χ0n) is 17.6. The fourth-order valence-corrected chi connectivity index (χ4v) is 4.05. The summed E-state index contributed by atoms with van der Waals surface area (Å²) in [6.07, 6.45) is 0. The van der Waals surface area contributed by atoms with Crippen LogP contribution < -0.4 is 5.32 Å². The first-order valence-corrected chi connectivity index (χ1v) is 10.5. The van der Waals surface area contributed by atoms with Gasteiger partial charge in [-0.15, -0.1) is 0 Å². The molecule has 0 atom stereocenters. The molecule has 0 radical (unpaired) electrons. The molecule has 0 bridgehead atoms. The second kappa shape index (κ2) is 8.98. The van der Waals surface area contributed by atoms with Crippen LogP contribution in [0.4, 0.5) is 4.39 Å². The van der Waals surface area contributed by atoms with E-state index >= 15 is 0 Å². The highest BCUT2D eigenvalue weighted by molar-refractivity contribution is 5.98. The molecular weight excluding hydrogens is 381 g/mol. The Hall–Kier alpha value is -2.70. The van der Waals surface area contributed by atoms with Gasteiger partial charge in [-0.05, 0) is 42.8 Å². The first-order chi connectivity index (χ1) is 14.5. The standard InChI is InChI=1S/C24H28FN3O2/c1-3-27-10-12-28(13-11-27)16-19-7-5-4-6-18(19)15-26-24(29)23-17(2)21-14-20(25)8-9-22(21)30-23/h4-9,14H,3,10-13,15-16H2,1-2H3,(H,26,29). The minimum atomic E-state index is -0.341. The topological polar surface area (TPSA) is 48.7 Å². The lowest BCUT2D eigenvalue weighted by Crippen LogP contribution is -2.45. The maximum Gasteiger partial charge on any atom is 0.287 e. The monoisotopic (exact) mass is 409 g/mol. The van der Waals surface area contributed by atoms with Gasteiger partial charge in [0.2, 0.25) is 0 Å². The fraction of sp³-hybridized carbons (Fsp3) is 0.375. The van der Waals surface area contributed by atoms with Crippen LogP contribution in [0.3, 0.4) is 0 Å². The number of carbonyl (C=O) groups excluding carboxylic acids is 1. The first kappa shape index (κ1) is 20.6. The Labute approximate surface area is 176 Å². The van der Waals surface area contributed by atoms with Crippen LogP contribution in [0.1, 0.15) is 34.2 Å². The molecule has 4 rings (SSSR count). The summed E-state index contributed by atoms with van der Waals surface area (Å²) < 4.78 is 19.2. The third kappa shape index (κ3) is 4.40. The minimum Gasteiger partial charge on any atom is -0.451 e. The summed E-state index contributed by atoms with van der Waals surface area (Å²) in [5.41, 5.74) is 3.50. The van der Waals surface area contributed by atoms with Crippen molar-refractivity contribution in [3.63, 3.8) is 0 Å². The highest BCUT2D eigenvalue weighted by Gasteiger charge is 2.19. The van der Waals surface area contributed by atoms with Crippen molar-refractivity contribution >= 4 is 16.9 Å². The molecular formula is C24H28FN3O2. The first-order valence-electron chi connectivity index (χ1n) is 10.5. The Kier molecular flexibility index (Phi) is 6.16. The highest BCUT2D eigenvalue weighted by atomic mass is 19.1. The Morgan fingerprint density at radius 1 is 1.07 bits per heavy atom. The van der Waals surface area contributed by atoms with Gasteiger partial charge in [-0.25, -0.2) is 4.39 Å². The van der Waals surface area contributed by atoms with Crippen LogP contribution in [0, 0.1) is 12.7 Å². The molecule has 0 saturated carbocycles. The number of carbonyl (C=O) groups is 1. The van der Waals surface area contributed by atoms with Crippen LogP contribution in [0.25, 0.3) is 11.0 Å². The van der Waals surface area contributed by atoms with E-state index in [1.165, 1.54) is 17.7 Å².